The van der Waals surface area contributed by atoms with Crippen LogP contribution in [0.2, 0.25) is 0 Å². The third-order valence-electron chi connectivity index (χ3n) is 1.80. The van der Waals surface area contributed by atoms with Crippen LogP contribution in [0, 0.1) is 0 Å². The van der Waals surface area contributed by atoms with E-state index in [-0.39, 0.29) is 5.69 Å². The van der Waals surface area contributed by atoms with Gasteiger partial charge in [-0.05, 0) is 17.5 Å². The zero-order chi connectivity index (χ0) is 11.4. The second-order valence-electron chi connectivity index (χ2n) is 2.93. The third kappa shape index (κ3) is 2.54. The summed E-state index contributed by atoms with van der Waals surface area (Å²) < 4.78 is 5.33. The summed E-state index contributed by atoms with van der Waals surface area (Å²) in [4.78, 5) is 11.6. The first-order valence-corrected chi connectivity index (χ1v) is 5.36. The Morgan fingerprint density at radius 1 is 1.38 bits per heavy atom. The van der Waals surface area contributed by atoms with Crippen molar-refractivity contribution in [2.24, 2.45) is 0 Å². The van der Waals surface area contributed by atoms with Crippen LogP contribution in [0.15, 0.2) is 29.6 Å². The third-order valence-corrected chi connectivity index (χ3v) is 2.65. The molecule has 16 heavy (non-hydrogen) atoms. The minimum absolute atomic E-state index is 0.0940. The SMILES string of the molecule is O=C(O)c1ccc(OCc2cccs2)nn1. The molecule has 1 N–H and O–H groups in total. The molecule has 0 amide bonds. The van der Waals surface area contributed by atoms with Gasteiger partial charge in [0.15, 0.2) is 5.69 Å². The van der Waals surface area contributed by atoms with Crippen molar-refractivity contribution in [2.45, 2.75) is 6.61 Å². The van der Waals surface area contributed by atoms with Crippen molar-refractivity contribution in [3.63, 3.8) is 0 Å². The second kappa shape index (κ2) is 4.71. The lowest BCUT2D eigenvalue weighted by Crippen LogP contribution is -2.03. The molecule has 0 bridgehead atoms. The van der Waals surface area contributed by atoms with Crippen LogP contribution in [0.3, 0.4) is 0 Å². The quantitative estimate of drug-likeness (QED) is 0.876. The molecule has 82 valence electrons. The van der Waals surface area contributed by atoms with E-state index in [0.29, 0.717) is 12.5 Å². The number of thiophene rings is 1. The van der Waals surface area contributed by atoms with E-state index in [1.807, 2.05) is 17.5 Å². The van der Waals surface area contributed by atoms with Gasteiger partial charge in [0, 0.05) is 10.9 Å². The van der Waals surface area contributed by atoms with Gasteiger partial charge in [-0.25, -0.2) is 4.79 Å². The average molecular weight is 236 g/mol. The number of ether oxygens (including phenoxy) is 1. The van der Waals surface area contributed by atoms with Crippen molar-refractivity contribution in [2.75, 3.05) is 0 Å². The maximum atomic E-state index is 10.5. The molecule has 0 aliphatic carbocycles. The van der Waals surface area contributed by atoms with Gasteiger partial charge in [-0.1, -0.05) is 6.07 Å². The van der Waals surface area contributed by atoms with E-state index in [0.717, 1.165) is 4.88 Å². The smallest absolute Gasteiger partial charge is 0.356 e. The Morgan fingerprint density at radius 2 is 2.25 bits per heavy atom. The zero-order valence-corrected chi connectivity index (χ0v) is 8.98. The van der Waals surface area contributed by atoms with Gasteiger partial charge in [-0.2, -0.15) is 0 Å². The second-order valence-corrected chi connectivity index (χ2v) is 3.96. The molecular weight excluding hydrogens is 228 g/mol. The van der Waals surface area contributed by atoms with Crippen LogP contribution in [-0.2, 0) is 6.61 Å². The Labute approximate surface area is 95.3 Å². The Bertz CT molecular complexity index is 467. The fourth-order valence-corrected chi connectivity index (χ4v) is 1.67. The molecule has 0 radical (unpaired) electrons. The van der Waals surface area contributed by atoms with Gasteiger partial charge in [-0.3, -0.25) is 0 Å². The summed E-state index contributed by atoms with van der Waals surface area (Å²) in [5.41, 5.74) is -0.0940. The van der Waals surface area contributed by atoms with Crippen LogP contribution >= 0.6 is 11.3 Å². The maximum absolute atomic E-state index is 10.5. The highest BCUT2D eigenvalue weighted by molar-refractivity contribution is 7.09. The molecule has 0 saturated heterocycles. The number of aromatic carboxylic acids is 1. The Hall–Kier alpha value is -1.95. The molecule has 6 heteroatoms. The predicted octanol–water partition coefficient (Wildman–Crippen LogP) is 1.82. The van der Waals surface area contributed by atoms with Gasteiger partial charge >= 0.3 is 5.97 Å². The first-order chi connectivity index (χ1) is 7.75. The number of aromatic nitrogens is 2. The van der Waals surface area contributed by atoms with E-state index in [1.165, 1.54) is 12.1 Å². The van der Waals surface area contributed by atoms with Crippen LogP contribution in [0.5, 0.6) is 5.88 Å². The minimum atomic E-state index is -1.10. The molecule has 0 spiro atoms. The summed E-state index contributed by atoms with van der Waals surface area (Å²) in [5.74, 6) is -0.782. The predicted molar refractivity (Wildman–Crippen MR) is 57.6 cm³/mol. The fraction of sp³-hybridized carbons (Fsp3) is 0.100. The number of rotatable bonds is 4. The Morgan fingerprint density at radius 3 is 2.81 bits per heavy atom. The first-order valence-electron chi connectivity index (χ1n) is 4.48. The van der Waals surface area contributed by atoms with E-state index in [4.69, 9.17) is 9.84 Å². The average Bonchev–Trinajstić information content (AvgIpc) is 2.80. The lowest BCUT2D eigenvalue weighted by Gasteiger charge is -2.02. The highest BCUT2D eigenvalue weighted by Crippen LogP contribution is 2.12. The van der Waals surface area contributed by atoms with Gasteiger partial charge in [0.1, 0.15) is 6.61 Å². The number of carbonyl (C=O) groups is 1. The van der Waals surface area contributed by atoms with Crippen molar-refractivity contribution < 1.29 is 14.6 Å². The van der Waals surface area contributed by atoms with Crippen molar-refractivity contribution >= 4 is 17.3 Å². The van der Waals surface area contributed by atoms with Crippen LogP contribution in [0.25, 0.3) is 0 Å². The first kappa shape index (κ1) is 10.6. The van der Waals surface area contributed by atoms with Gasteiger partial charge in [0.2, 0.25) is 5.88 Å². The van der Waals surface area contributed by atoms with Gasteiger partial charge < -0.3 is 9.84 Å². The van der Waals surface area contributed by atoms with Crippen molar-refractivity contribution in [3.8, 4) is 5.88 Å². The number of nitrogens with zero attached hydrogens (tertiary/aromatic N) is 2. The van der Waals surface area contributed by atoms with Gasteiger partial charge in [0.25, 0.3) is 0 Å². The maximum Gasteiger partial charge on any atom is 0.356 e. The van der Waals surface area contributed by atoms with Crippen molar-refractivity contribution in [1.82, 2.24) is 10.2 Å². The van der Waals surface area contributed by atoms with Crippen molar-refractivity contribution in [1.29, 1.82) is 0 Å². The fourth-order valence-electron chi connectivity index (χ4n) is 1.05. The minimum Gasteiger partial charge on any atom is -0.476 e. The largest absolute Gasteiger partial charge is 0.476 e. The highest BCUT2D eigenvalue weighted by atomic mass is 32.1. The Balaban J connectivity index is 1.98. The lowest BCUT2D eigenvalue weighted by molar-refractivity contribution is 0.0689. The van der Waals surface area contributed by atoms with E-state index in [1.54, 1.807) is 11.3 Å². The lowest BCUT2D eigenvalue weighted by atomic mass is 10.4. The Kier molecular flexibility index (Phi) is 3.11. The molecule has 0 saturated carbocycles. The number of hydrogen-bond donors (Lipinski definition) is 1. The van der Waals surface area contributed by atoms with Gasteiger partial charge in [0.05, 0.1) is 0 Å². The van der Waals surface area contributed by atoms with E-state index in [2.05, 4.69) is 10.2 Å². The molecule has 2 aromatic heterocycles. The van der Waals surface area contributed by atoms with Crippen molar-refractivity contribution in [3.05, 3.63) is 40.2 Å². The summed E-state index contributed by atoms with van der Waals surface area (Å²) in [5, 5.41) is 17.7. The molecule has 2 aromatic rings. The topological polar surface area (TPSA) is 72.3 Å². The summed E-state index contributed by atoms with van der Waals surface area (Å²) in [6.07, 6.45) is 0. The van der Waals surface area contributed by atoms with Crippen LogP contribution in [-0.4, -0.2) is 21.3 Å². The van der Waals surface area contributed by atoms with E-state index in [9.17, 15) is 4.79 Å². The number of hydrogen-bond acceptors (Lipinski definition) is 5. The monoisotopic (exact) mass is 236 g/mol. The molecular formula is C10H8N2O3S. The molecule has 0 atom stereocenters. The van der Waals surface area contributed by atoms with E-state index < -0.39 is 5.97 Å². The molecule has 0 fully saturated rings. The highest BCUT2D eigenvalue weighted by Gasteiger charge is 2.05. The van der Waals surface area contributed by atoms with Crippen LogP contribution in [0.4, 0.5) is 0 Å². The summed E-state index contributed by atoms with van der Waals surface area (Å²) in [6, 6.07) is 6.73. The molecule has 2 heterocycles. The molecule has 0 aromatic carbocycles. The van der Waals surface area contributed by atoms with E-state index >= 15 is 0 Å². The van der Waals surface area contributed by atoms with Crippen LogP contribution < -0.4 is 4.74 Å². The molecule has 0 aliphatic heterocycles. The summed E-state index contributed by atoms with van der Waals surface area (Å²) >= 11 is 1.58. The van der Waals surface area contributed by atoms with Crippen LogP contribution in [0.1, 0.15) is 15.4 Å². The van der Waals surface area contributed by atoms with Gasteiger partial charge in [-0.15, -0.1) is 21.5 Å². The normalized spacial score (nSPS) is 10.0. The summed E-state index contributed by atoms with van der Waals surface area (Å²) in [7, 11) is 0. The molecule has 0 unspecified atom stereocenters. The number of carboxylic acid groups (broad SMARTS) is 1. The standard InChI is InChI=1S/C10H8N2O3S/c13-10(14)8-3-4-9(12-11-8)15-6-7-2-1-5-16-7/h1-5H,6H2,(H,13,14). The molecule has 2 rings (SSSR count). The zero-order valence-electron chi connectivity index (χ0n) is 8.16. The molecule has 5 nitrogen and oxygen atoms in total. The number of carboxylic acids is 1. The summed E-state index contributed by atoms with van der Waals surface area (Å²) in [6.45, 7) is 0.415. The molecule has 0 aliphatic rings.